The van der Waals surface area contributed by atoms with Crippen molar-refractivity contribution in [2.45, 2.75) is 52.1 Å². The van der Waals surface area contributed by atoms with Crippen LogP contribution < -0.4 is 0 Å². The molecule has 0 amide bonds. The number of aliphatic imine (C=N–C) groups is 2. The number of hydrogen-bond donors (Lipinski definition) is 0. The van der Waals surface area contributed by atoms with E-state index in [2.05, 4.69) is 30.8 Å². The van der Waals surface area contributed by atoms with E-state index >= 15 is 0 Å². The second-order valence-corrected chi connectivity index (χ2v) is 4.88. The lowest BCUT2D eigenvalue weighted by molar-refractivity contribution is 0.136. The van der Waals surface area contributed by atoms with E-state index < -0.39 is 0 Å². The summed E-state index contributed by atoms with van der Waals surface area (Å²) in [5.41, 5.74) is 0. The van der Waals surface area contributed by atoms with Gasteiger partial charge in [0.15, 0.2) is 0 Å². The summed E-state index contributed by atoms with van der Waals surface area (Å²) in [6.07, 6.45) is 6.16. The van der Waals surface area contributed by atoms with Gasteiger partial charge in [-0.15, -0.1) is 0 Å². The van der Waals surface area contributed by atoms with Gasteiger partial charge >= 0.3 is 0 Å². The predicted molar refractivity (Wildman–Crippen MR) is 65.2 cm³/mol. The molecule has 0 aromatic heterocycles. The van der Waals surface area contributed by atoms with Crippen LogP contribution >= 0.6 is 0 Å². The van der Waals surface area contributed by atoms with E-state index in [9.17, 15) is 9.59 Å². The fourth-order valence-corrected chi connectivity index (χ4v) is 3.17. The topological polar surface area (TPSA) is 58.9 Å². The zero-order chi connectivity index (χ0) is 12.8. The minimum absolute atomic E-state index is 0.0409. The van der Waals surface area contributed by atoms with Crippen molar-refractivity contribution in [2.24, 2.45) is 27.7 Å². The van der Waals surface area contributed by atoms with Crippen molar-refractivity contribution in [2.75, 3.05) is 0 Å². The number of isocyanates is 2. The van der Waals surface area contributed by atoms with Crippen LogP contribution in [0.1, 0.15) is 40.0 Å². The number of carbonyl (C=O) groups excluding carboxylic acids is 2. The fraction of sp³-hybridized carbons (Fsp3) is 0.846. The van der Waals surface area contributed by atoms with Crippen molar-refractivity contribution < 1.29 is 9.59 Å². The first kappa shape index (κ1) is 13.8. The molecule has 0 aromatic rings. The molecule has 0 saturated heterocycles. The van der Waals surface area contributed by atoms with Gasteiger partial charge in [0.05, 0.1) is 12.1 Å². The standard InChI is InChI=1S/C13H20N2O2/c1-4-10-6-9(3)12(14-7-16)11(5-2)13(10)15-8-17/h9-13H,4-6H2,1-3H3. The second-order valence-electron chi connectivity index (χ2n) is 4.88. The summed E-state index contributed by atoms with van der Waals surface area (Å²) in [5, 5.41) is 0. The normalized spacial score (nSPS) is 36.8. The Morgan fingerprint density at radius 3 is 2.12 bits per heavy atom. The molecular weight excluding hydrogens is 216 g/mol. The average Bonchev–Trinajstić information content (AvgIpc) is 2.33. The third kappa shape index (κ3) is 2.91. The lowest BCUT2D eigenvalue weighted by Gasteiger charge is -2.41. The highest BCUT2D eigenvalue weighted by Gasteiger charge is 2.41. The van der Waals surface area contributed by atoms with Crippen molar-refractivity contribution in [3.05, 3.63) is 0 Å². The van der Waals surface area contributed by atoms with Gasteiger partial charge in [0.1, 0.15) is 0 Å². The van der Waals surface area contributed by atoms with Crippen molar-refractivity contribution >= 4 is 12.2 Å². The maximum absolute atomic E-state index is 10.5. The Balaban J connectivity index is 3.04. The first-order valence-corrected chi connectivity index (χ1v) is 6.33. The first-order valence-electron chi connectivity index (χ1n) is 6.33. The van der Waals surface area contributed by atoms with Crippen LogP contribution in [0.25, 0.3) is 0 Å². The first-order chi connectivity index (χ1) is 8.19. The van der Waals surface area contributed by atoms with Crippen LogP contribution in [0.3, 0.4) is 0 Å². The molecule has 0 spiro atoms. The molecule has 94 valence electrons. The highest BCUT2D eigenvalue weighted by molar-refractivity contribution is 5.35. The third-order valence-electron chi connectivity index (χ3n) is 4.02. The van der Waals surface area contributed by atoms with Crippen LogP contribution in [-0.4, -0.2) is 24.2 Å². The van der Waals surface area contributed by atoms with E-state index in [0.29, 0.717) is 11.8 Å². The Bertz CT molecular complexity index is 343. The highest BCUT2D eigenvalue weighted by Crippen LogP contribution is 2.40. The quantitative estimate of drug-likeness (QED) is 0.556. The Morgan fingerprint density at radius 2 is 1.65 bits per heavy atom. The second kappa shape index (κ2) is 6.48. The van der Waals surface area contributed by atoms with Crippen LogP contribution in [0.15, 0.2) is 9.98 Å². The van der Waals surface area contributed by atoms with Gasteiger partial charge in [0, 0.05) is 5.92 Å². The van der Waals surface area contributed by atoms with Gasteiger partial charge in [-0.05, 0) is 24.7 Å². The zero-order valence-electron chi connectivity index (χ0n) is 10.7. The molecule has 5 atom stereocenters. The summed E-state index contributed by atoms with van der Waals surface area (Å²) in [4.78, 5) is 28.9. The van der Waals surface area contributed by atoms with Gasteiger partial charge in [-0.2, -0.15) is 0 Å². The zero-order valence-corrected chi connectivity index (χ0v) is 10.7. The van der Waals surface area contributed by atoms with Gasteiger partial charge in [-0.3, -0.25) is 0 Å². The van der Waals surface area contributed by atoms with Gasteiger partial charge in [-0.25, -0.2) is 19.6 Å². The Labute approximate surface area is 102 Å². The summed E-state index contributed by atoms with van der Waals surface area (Å²) in [6.45, 7) is 6.27. The van der Waals surface area contributed by atoms with E-state index in [1.54, 1.807) is 12.2 Å². The molecular formula is C13H20N2O2. The molecule has 1 fully saturated rings. The van der Waals surface area contributed by atoms with Crippen LogP contribution in [0.5, 0.6) is 0 Å². The molecule has 1 aliphatic rings. The minimum Gasteiger partial charge on any atom is -0.211 e. The smallest absolute Gasteiger partial charge is 0.211 e. The van der Waals surface area contributed by atoms with E-state index in [4.69, 9.17) is 0 Å². The predicted octanol–water partition coefficient (Wildman–Crippen LogP) is 2.49. The van der Waals surface area contributed by atoms with Crippen LogP contribution in [0.4, 0.5) is 0 Å². The largest absolute Gasteiger partial charge is 0.235 e. The molecule has 1 saturated carbocycles. The summed E-state index contributed by atoms with van der Waals surface area (Å²) < 4.78 is 0. The molecule has 4 heteroatoms. The molecule has 17 heavy (non-hydrogen) atoms. The lowest BCUT2D eigenvalue weighted by Crippen LogP contribution is -2.44. The summed E-state index contributed by atoms with van der Waals surface area (Å²) in [6, 6.07) is -0.0943. The average molecular weight is 236 g/mol. The number of rotatable bonds is 4. The fourth-order valence-electron chi connectivity index (χ4n) is 3.17. The molecule has 1 aliphatic carbocycles. The molecule has 5 unspecified atom stereocenters. The summed E-state index contributed by atoms with van der Waals surface area (Å²) in [7, 11) is 0. The monoisotopic (exact) mass is 236 g/mol. The Hall–Kier alpha value is -1.24. The Kier molecular flexibility index (Phi) is 5.27. The number of nitrogens with zero attached hydrogens (tertiary/aromatic N) is 2. The molecule has 0 radical (unpaired) electrons. The maximum atomic E-state index is 10.5. The molecule has 0 bridgehead atoms. The van der Waals surface area contributed by atoms with Crippen molar-refractivity contribution in [3.63, 3.8) is 0 Å². The van der Waals surface area contributed by atoms with E-state index in [0.717, 1.165) is 19.3 Å². The van der Waals surface area contributed by atoms with E-state index in [1.165, 1.54) is 0 Å². The van der Waals surface area contributed by atoms with Crippen LogP contribution in [-0.2, 0) is 9.59 Å². The van der Waals surface area contributed by atoms with Crippen LogP contribution in [0, 0.1) is 17.8 Å². The third-order valence-corrected chi connectivity index (χ3v) is 4.02. The lowest BCUT2D eigenvalue weighted by atomic mass is 9.67. The summed E-state index contributed by atoms with van der Waals surface area (Å²) >= 11 is 0. The Morgan fingerprint density at radius 1 is 1.06 bits per heavy atom. The van der Waals surface area contributed by atoms with Crippen molar-refractivity contribution in [1.82, 2.24) is 0 Å². The molecule has 4 nitrogen and oxygen atoms in total. The van der Waals surface area contributed by atoms with Gasteiger partial charge in [0.25, 0.3) is 0 Å². The molecule has 0 aliphatic heterocycles. The van der Waals surface area contributed by atoms with Crippen molar-refractivity contribution in [3.8, 4) is 0 Å². The maximum Gasteiger partial charge on any atom is 0.235 e. The van der Waals surface area contributed by atoms with Crippen LogP contribution in [0.2, 0.25) is 0 Å². The van der Waals surface area contributed by atoms with Crippen molar-refractivity contribution in [1.29, 1.82) is 0 Å². The van der Waals surface area contributed by atoms with E-state index in [-0.39, 0.29) is 18.0 Å². The molecule has 1 rings (SSSR count). The molecule has 0 aromatic carbocycles. The number of hydrogen-bond acceptors (Lipinski definition) is 4. The summed E-state index contributed by atoms with van der Waals surface area (Å²) in [5.74, 6) is 0.908. The molecule has 0 heterocycles. The highest BCUT2D eigenvalue weighted by atomic mass is 16.1. The minimum atomic E-state index is -0.0533. The van der Waals surface area contributed by atoms with Gasteiger partial charge < -0.3 is 0 Å². The van der Waals surface area contributed by atoms with E-state index in [1.807, 2.05) is 0 Å². The molecule has 0 N–H and O–H groups in total. The SMILES string of the molecule is CCC1CC(C)C(N=C=O)C(CC)C1N=C=O. The van der Waals surface area contributed by atoms with Gasteiger partial charge in [-0.1, -0.05) is 27.2 Å². The van der Waals surface area contributed by atoms with Gasteiger partial charge in [0.2, 0.25) is 12.2 Å².